The zero-order chi connectivity index (χ0) is 27.8. The van der Waals surface area contributed by atoms with Crippen LogP contribution in [0.3, 0.4) is 0 Å². The van der Waals surface area contributed by atoms with Crippen LogP contribution in [0, 0.1) is 11.8 Å². The molecule has 1 saturated heterocycles. The van der Waals surface area contributed by atoms with Crippen molar-refractivity contribution in [1.82, 2.24) is 19.4 Å². The Morgan fingerprint density at radius 2 is 1.62 bits per heavy atom. The Morgan fingerprint density at radius 3 is 2.26 bits per heavy atom. The van der Waals surface area contributed by atoms with Crippen molar-refractivity contribution < 1.29 is 4.79 Å². The van der Waals surface area contributed by atoms with Crippen molar-refractivity contribution in [3.63, 3.8) is 0 Å². The number of nitrogens with one attached hydrogen (secondary N) is 1. The molecule has 1 aromatic heterocycles. The van der Waals surface area contributed by atoms with Crippen molar-refractivity contribution in [2.24, 2.45) is 11.8 Å². The topological polar surface area (TPSA) is 79.4 Å². The van der Waals surface area contributed by atoms with Crippen LogP contribution in [0.1, 0.15) is 76.6 Å². The van der Waals surface area contributed by atoms with Gasteiger partial charge in [-0.2, -0.15) is 0 Å². The first-order valence-electron chi connectivity index (χ1n) is 14.9. The van der Waals surface area contributed by atoms with E-state index < -0.39 is 0 Å². The molecule has 7 nitrogen and oxygen atoms in total. The van der Waals surface area contributed by atoms with E-state index >= 15 is 0 Å². The molecule has 1 amide bonds. The predicted molar refractivity (Wildman–Crippen MR) is 164 cm³/mol. The summed E-state index contributed by atoms with van der Waals surface area (Å²) in [4.78, 5) is 23.3. The molecule has 3 N–H and O–H groups in total. The second-order valence-corrected chi connectivity index (χ2v) is 12.0. The van der Waals surface area contributed by atoms with E-state index in [0.717, 1.165) is 79.4 Å². The maximum atomic E-state index is 13.7. The molecular formula is C32H48N6O. The van der Waals surface area contributed by atoms with Crippen molar-refractivity contribution in [1.29, 1.82) is 0 Å². The second kappa shape index (κ2) is 13.8. The maximum absolute atomic E-state index is 13.7. The minimum Gasteiger partial charge on any atom is -0.399 e. The van der Waals surface area contributed by atoms with Gasteiger partial charge in [0.2, 0.25) is 5.95 Å². The number of nitrogen functional groups attached to an aromatic ring is 1. The van der Waals surface area contributed by atoms with Crippen molar-refractivity contribution in [3.8, 4) is 0 Å². The van der Waals surface area contributed by atoms with E-state index in [-0.39, 0.29) is 5.91 Å². The molecule has 0 saturated carbocycles. The number of fused-ring (bicyclic) bond motifs is 1. The smallest absolute Gasteiger partial charge is 0.253 e. The van der Waals surface area contributed by atoms with Gasteiger partial charge in [-0.15, -0.1) is 0 Å². The first kappa shape index (κ1) is 28.9. The molecule has 0 bridgehead atoms. The van der Waals surface area contributed by atoms with E-state index in [4.69, 9.17) is 10.7 Å². The van der Waals surface area contributed by atoms with Gasteiger partial charge in [0.05, 0.1) is 11.0 Å². The van der Waals surface area contributed by atoms with Gasteiger partial charge in [-0.05, 0) is 106 Å². The third-order valence-electron chi connectivity index (χ3n) is 7.71. The van der Waals surface area contributed by atoms with Crippen LogP contribution in [0.25, 0.3) is 11.0 Å². The van der Waals surface area contributed by atoms with Crippen molar-refractivity contribution in [3.05, 3.63) is 48.0 Å². The predicted octanol–water partition coefficient (Wildman–Crippen LogP) is 6.77. The number of carbonyl (C=O) groups is 1. The van der Waals surface area contributed by atoms with Gasteiger partial charge < -0.3 is 25.4 Å². The van der Waals surface area contributed by atoms with Crippen LogP contribution >= 0.6 is 0 Å². The van der Waals surface area contributed by atoms with Crippen LogP contribution < -0.4 is 11.1 Å². The van der Waals surface area contributed by atoms with Crippen molar-refractivity contribution in [2.45, 2.75) is 72.8 Å². The fraction of sp³-hybridized carbons (Fsp3) is 0.562. The second-order valence-electron chi connectivity index (χ2n) is 12.0. The van der Waals surface area contributed by atoms with Gasteiger partial charge in [-0.1, -0.05) is 34.1 Å². The van der Waals surface area contributed by atoms with Crippen LogP contribution in [0.4, 0.5) is 17.3 Å². The molecule has 2 aromatic carbocycles. The maximum Gasteiger partial charge on any atom is 0.253 e. The Hall–Kier alpha value is -3.06. The van der Waals surface area contributed by atoms with E-state index in [1.54, 1.807) is 0 Å². The summed E-state index contributed by atoms with van der Waals surface area (Å²) in [6.45, 7) is 14.8. The molecule has 3 aromatic rings. The lowest BCUT2D eigenvalue weighted by Crippen LogP contribution is -2.34. The average Bonchev–Trinajstić information content (AvgIpc) is 3.26. The summed E-state index contributed by atoms with van der Waals surface area (Å²) in [6, 6.07) is 13.7. The number of hydrogen-bond acceptors (Lipinski definition) is 5. The number of anilines is 3. The third-order valence-corrected chi connectivity index (χ3v) is 7.71. The number of imidazole rings is 1. The van der Waals surface area contributed by atoms with Crippen LogP contribution in [-0.2, 0) is 6.54 Å². The fourth-order valence-electron chi connectivity index (χ4n) is 5.23. The van der Waals surface area contributed by atoms with Gasteiger partial charge in [0.1, 0.15) is 0 Å². The summed E-state index contributed by atoms with van der Waals surface area (Å²) in [5, 5.41) is 3.50. The van der Waals surface area contributed by atoms with Gasteiger partial charge >= 0.3 is 0 Å². The molecular weight excluding hydrogens is 484 g/mol. The van der Waals surface area contributed by atoms with Gasteiger partial charge in [0, 0.05) is 36.6 Å². The summed E-state index contributed by atoms with van der Waals surface area (Å²) >= 11 is 0. The lowest BCUT2D eigenvalue weighted by Gasteiger charge is -2.26. The summed E-state index contributed by atoms with van der Waals surface area (Å²) < 4.78 is 2.25. The number of rotatable bonds is 13. The molecule has 0 spiro atoms. The molecule has 7 heteroatoms. The highest BCUT2D eigenvalue weighted by Gasteiger charge is 2.20. The number of nitrogens with two attached hydrogens (primary N) is 1. The molecule has 0 aliphatic carbocycles. The summed E-state index contributed by atoms with van der Waals surface area (Å²) in [6.07, 6.45) is 7.00. The zero-order valence-corrected chi connectivity index (χ0v) is 24.5. The van der Waals surface area contributed by atoms with Crippen LogP contribution in [0.5, 0.6) is 0 Å². The van der Waals surface area contributed by atoms with Gasteiger partial charge in [-0.3, -0.25) is 4.79 Å². The number of carbonyl (C=O) groups excluding carboxylic acids is 1. The van der Waals surface area contributed by atoms with Crippen molar-refractivity contribution in [2.75, 3.05) is 43.8 Å². The molecule has 2 heterocycles. The lowest BCUT2D eigenvalue weighted by molar-refractivity contribution is 0.0741. The number of aromatic nitrogens is 2. The monoisotopic (exact) mass is 532 g/mol. The molecule has 39 heavy (non-hydrogen) atoms. The number of piperidine rings is 1. The van der Waals surface area contributed by atoms with E-state index in [1.807, 2.05) is 41.3 Å². The minimum absolute atomic E-state index is 0.118. The van der Waals surface area contributed by atoms with Crippen molar-refractivity contribution >= 4 is 34.3 Å². The first-order valence-corrected chi connectivity index (χ1v) is 14.9. The van der Waals surface area contributed by atoms with E-state index in [2.05, 4.69) is 48.5 Å². The van der Waals surface area contributed by atoms with Gasteiger partial charge in [0.15, 0.2) is 0 Å². The van der Waals surface area contributed by atoms with Crippen LogP contribution in [0.2, 0.25) is 0 Å². The number of hydrogen-bond donors (Lipinski definition) is 2. The summed E-state index contributed by atoms with van der Waals surface area (Å²) in [5.41, 5.74) is 10.2. The molecule has 0 radical (unpaired) electrons. The highest BCUT2D eigenvalue weighted by molar-refractivity contribution is 5.98. The highest BCUT2D eigenvalue weighted by Crippen LogP contribution is 2.26. The van der Waals surface area contributed by atoms with Crippen LogP contribution in [-0.4, -0.2) is 58.0 Å². The molecule has 1 aliphatic rings. The van der Waals surface area contributed by atoms with Gasteiger partial charge in [-0.25, -0.2) is 4.98 Å². The number of aryl methyl sites for hydroxylation is 1. The highest BCUT2D eigenvalue weighted by atomic mass is 16.2. The number of likely N-dealkylation sites (tertiary alicyclic amines) is 1. The Labute approximate surface area is 234 Å². The normalized spacial score (nSPS) is 14.4. The Kier molecular flexibility index (Phi) is 10.3. The van der Waals surface area contributed by atoms with E-state index in [9.17, 15) is 4.79 Å². The number of nitrogens with zero attached hydrogens (tertiary/aromatic N) is 4. The quantitative estimate of drug-likeness (QED) is 0.237. The zero-order valence-electron chi connectivity index (χ0n) is 24.5. The van der Waals surface area contributed by atoms with Crippen LogP contribution in [0.15, 0.2) is 42.5 Å². The number of benzene rings is 2. The largest absolute Gasteiger partial charge is 0.399 e. The first-order chi connectivity index (χ1) is 18.8. The molecule has 212 valence electrons. The number of amides is 1. The Bertz CT molecular complexity index is 1180. The Morgan fingerprint density at radius 1 is 0.949 bits per heavy atom. The molecule has 0 atom stereocenters. The molecule has 1 fully saturated rings. The standard InChI is InChI=1S/C32H48N6O/c1-24(2)15-21-37(22-16-25(3)4)31(39)26-9-14-29-30(23-26)38(20-8-19-36-17-6-5-7-18-36)32(35-29)34-28-12-10-27(33)11-13-28/h9-14,23-25H,5-8,15-22,33H2,1-4H3,(H,34,35). The average molecular weight is 533 g/mol. The van der Waals surface area contributed by atoms with Gasteiger partial charge in [0.25, 0.3) is 5.91 Å². The molecule has 0 unspecified atom stereocenters. The molecule has 4 rings (SSSR count). The third kappa shape index (κ3) is 8.21. The molecule has 1 aliphatic heterocycles. The summed E-state index contributed by atoms with van der Waals surface area (Å²) in [7, 11) is 0. The van der Waals surface area contributed by atoms with E-state index in [1.165, 1.54) is 32.4 Å². The van der Waals surface area contributed by atoms with E-state index in [0.29, 0.717) is 11.8 Å². The SMILES string of the molecule is CC(C)CCN(CCC(C)C)C(=O)c1ccc2nc(Nc3ccc(N)cc3)n(CCCN3CCCCC3)c2c1. The Balaban J connectivity index is 1.61. The minimum atomic E-state index is 0.118. The summed E-state index contributed by atoms with van der Waals surface area (Å²) in [5.74, 6) is 2.04. The fourth-order valence-corrected chi connectivity index (χ4v) is 5.23. The lowest BCUT2D eigenvalue weighted by atomic mass is 10.1.